The number of ether oxygens (including phenoxy) is 1. The topological polar surface area (TPSA) is 131 Å². The summed E-state index contributed by atoms with van der Waals surface area (Å²) in [5.74, 6) is -0.209. The van der Waals surface area contributed by atoms with Crippen molar-refractivity contribution >= 4 is 18.3 Å². The summed E-state index contributed by atoms with van der Waals surface area (Å²) in [6.07, 6.45) is 0.0886. The number of carbonyl (C=O) groups is 2. The number of aldehydes is 1. The van der Waals surface area contributed by atoms with Crippen molar-refractivity contribution in [3.05, 3.63) is 0 Å². The number of hydroxylamine groups is 1. The molecule has 0 saturated carbocycles. The Morgan fingerprint density at radius 3 is 2.62 bits per heavy atom. The van der Waals surface area contributed by atoms with Crippen LogP contribution in [0.15, 0.2) is 0 Å². The molecule has 4 atom stereocenters. The highest BCUT2D eigenvalue weighted by molar-refractivity contribution is 5.73. The number of rotatable bonds is 6. The summed E-state index contributed by atoms with van der Waals surface area (Å²) < 4.78 is 5.59. The number of aliphatic hydroxyl groups excluding tert-OH is 1. The molecule has 0 aliphatic carbocycles. The highest BCUT2D eigenvalue weighted by Gasteiger charge is 2.38. The number of aliphatic hydroxyl groups is 1. The lowest BCUT2D eigenvalue weighted by Crippen LogP contribution is -2.57. The monoisotopic (exact) mass is 304 g/mol. The molecule has 1 rings (SSSR count). The lowest BCUT2D eigenvalue weighted by atomic mass is 9.96. The average Bonchev–Trinajstić information content (AvgIpc) is 2.42. The Balaban J connectivity index is 0.00000122. The summed E-state index contributed by atoms with van der Waals surface area (Å²) in [6, 6.07) is -0.432. The van der Waals surface area contributed by atoms with E-state index in [0.717, 1.165) is 0 Å². The third kappa shape index (κ3) is 7.64. The Kier molecular flexibility index (Phi) is 10.2. The van der Waals surface area contributed by atoms with Crippen molar-refractivity contribution in [3.8, 4) is 0 Å². The normalized spacial score (nSPS) is 27.8. The first-order valence-corrected chi connectivity index (χ1v) is 6.42. The maximum Gasteiger partial charge on any atom is 0.373 e. The minimum Gasteiger partial charge on any atom is -0.391 e. The van der Waals surface area contributed by atoms with Gasteiger partial charge in [-0.05, 0) is 6.42 Å². The SMILES string of the molecule is CCC1OC(ONCC=O)CC(O)C1NC(C)=O.O=C=O. The summed E-state index contributed by atoms with van der Waals surface area (Å²) in [4.78, 5) is 42.5. The molecular formula is C12H20N2O7. The molecule has 1 aliphatic heterocycles. The van der Waals surface area contributed by atoms with Gasteiger partial charge in [0.1, 0.15) is 6.29 Å². The van der Waals surface area contributed by atoms with Gasteiger partial charge in [0.25, 0.3) is 0 Å². The van der Waals surface area contributed by atoms with Crippen molar-refractivity contribution in [2.75, 3.05) is 6.54 Å². The Hall–Kier alpha value is -1.64. The van der Waals surface area contributed by atoms with Crippen molar-refractivity contribution in [1.82, 2.24) is 10.8 Å². The molecule has 0 aromatic heterocycles. The zero-order valence-corrected chi connectivity index (χ0v) is 11.9. The van der Waals surface area contributed by atoms with Gasteiger partial charge in [-0.25, -0.2) is 0 Å². The molecule has 1 fully saturated rings. The average molecular weight is 304 g/mol. The first-order valence-electron chi connectivity index (χ1n) is 6.42. The first kappa shape index (κ1) is 19.4. The molecule has 4 unspecified atom stereocenters. The molecule has 0 spiro atoms. The fourth-order valence-corrected chi connectivity index (χ4v) is 1.95. The Morgan fingerprint density at radius 2 is 2.14 bits per heavy atom. The Morgan fingerprint density at radius 1 is 1.52 bits per heavy atom. The van der Waals surface area contributed by atoms with Gasteiger partial charge in [-0.1, -0.05) is 6.92 Å². The van der Waals surface area contributed by atoms with Crippen LogP contribution < -0.4 is 10.8 Å². The molecule has 1 amide bonds. The van der Waals surface area contributed by atoms with Crippen molar-refractivity contribution in [2.24, 2.45) is 0 Å². The molecule has 0 radical (unpaired) electrons. The van der Waals surface area contributed by atoms with Gasteiger partial charge in [-0.15, -0.1) is 0 Å². The number of nitrogens with one attached hydrogen (secondary N) is 2. The standard InChI is InChI=1S/C11H20N2O5.CO2/c1-3-9-11(13-7(2)15)8(16)6-10(17-9)18-12-4-5-14;2-1-3/h5,8-12,16H,3-4,6H2,1-2H3,(H,13,15);. The second-order valence-electron chi connectivity index (χ2n) is 4.26. The highest BCUT2D eigenvalue weighted by Crippen LogP contribution is 2.22. The number of hydrogen-bond acceptors (Lipinski definition) is 8. The van der Waals surface area contributed by atoms with Gasteiger partial charge in [0, 0.05) is 13.3 Å². The van der Waals surface area contributed by atoms with E-state index in [1.807, 2.05) is 6.92 Å². The van der Waals surface area contributed by atoms with E-state index in [1.54, 1.807) is 0 Å². The van der Waals surface area contributed by atoms with E-state index in [9.17, 15) is 14.7 Å². The molecule has 120 valence electrons. The largest absolute Gasteiger partial charge is 0.391 e. The lowest BCUT2D eigenvalue weighted by Gasteiger charge is -2.39. The van der Waals surface area contributed by atoms with E-state index in [2.05, 4.69) is 10.8 Å². The predicted octanol–water partition coefficient (Wildman–Crippen LogP) is -1.49. The second kappa shape index (κ2) is 11.1. The fraction of sp³-hybridized carbons (Fsp3) is 0.750. The van der Waals surface area contributed by atoms with Gasteiger partial charge in [-0.2, -0.15) is 15.1 Å². The summed E-state index contributed by atoms with van der Waals surface area (Å²) in [5, 5.41) is 12.6. The van der Waals surface area contributed by atoms with Crippen LogP contribution >= 0.6 is 0 Å². The van der Waals surface area contributed by atoms with Crippen molar-refractivity contribution in [3.63, 3.8) is 0 Å². The van der Waals surface area contributed by atoms with Crippen LogP contribution in [0.25, 0.3) is 0 Å². The molecular weight excluding hydrogens is 284 g/mol. The number of carbonyl (C=O) groups excluding carboxylic acids is 4. The molecule has 3 N–H and O–H groups in total. The Labute approximate surface area is 121 Å². The van der Waals surface area contributed by atoms with Crippen LogP contribution in [-0.2, 0) is 28.8 Å². The molecule has 1 saturated heterocycles. The maximum absolute atomic E-state index is 11.1. The van der Waals surface area contributed by atoms with Crippen LogP contribution in [0.5, 0.6) is 0 Å². The third-order valence-electron chi connectivity index (χ3n) is 2.73. The van der Waals surface area contributed by atoms with E-state index >= 15 is 0 Å². The Bertz CT molecular complexity index is 358. The maximum atomic E-state index is 11.1. The second-order valence-corrected chi connectivity index (χ2v) is 4.26. The van der Waals surface area contributed by atoms with Gasteiger partial charge < -0.3 is 20.0 Å². The molecule has 0 bridgehead atoms. The van der Waals surface area contributed by atoms with E-state index in [-0.39, 0.29) is 31.1 Å². The zero-order valence-electron chi connectivity index (χ0n) is 11.9. The third-order valence-corrected chi connectivity index (χ3v) is 2.73. The van der Waals surface area contributed by atoms with E-state index in [4.69, 9.17) is 19.2 Å². The highest BCUT2D eigenvalue weighted by atomic mass is 16.8. The van der Waals surface area contributed by atoms with Crippen molar-refractivity contribution in [2.45, 2.75) is 51.2 Å². The molecule has 1 aliphatic rings. The van der Waals surface area contributed by atoms with Crippen LogP contribution in [-0.4, -0.2) is 54.5 Å². The smallest absolute Gasteiger partial charge is 0.373 e. The van der Waals surface area contributed by atoms with Crippen LogP contribution in [0.1, 0.15) is 26.7 Å². The van der Waals surface area contributed by atoms with E-state index in [1.165, 1.54) is 6.92 Å². The number of hydrogen-bond donors (Lipinski definition) is 3. The summed E-state index contributed by atoms with van der Waals surface area (Å²) in [7, 11) is 0. The van der Waals surface area contributed by atoms with E-state index in [0.29, 0.717) is 12.7 Å². The summed E-state index contributed by atoms with van der Waals surface area (Å²) in [5.41, 5.74) is 2.43. The molecule has 9 heteroatoms. The van der Waals surface area contributed by atoms with Crippen LogP contribution in [0.3, 0.4) is 0 Å². The van der Waals surface area contributed by atoms with Gasteiger partial charge in [0.2, 0.25) is 5.91 Å². The van der Waals surface area contributed by atoms with Gasteiger partial charge >= 0.3 is 6.15 Å². The van der Waals surface area contributed by atoms with Gasteiger partial charge in [0.05, 0.1) is 24.8 Å². The van der Waals surface area contributed by atoms with Gasteiger partial charge in [0.15, 0.2) is 6.29 Å². The fourth-order valence-electron chi connectivity index (χ4n) is 1.95. The van der Waals surface area contributed by atoms with Crippen LogP contribution in [0.2, 0.25) is 0 Å². The number of amides is 1. The summed E-state index contributed by atoms with van der Waals surface area (Å²) in [6.45, 7) is 3.35. The van der Waals surface area contributed by atoms with Crippen molar-refractivity contribution in [1.29, 1.82) is 0 Å². The van der Waals surface area contributed by atoms with Crippen molar-refractivity contribution < 1.29 is 33.9 Å². The predicted molar refractivity (Wildman–Crippen MR) is 67.3 cm³/mol. The first-order chi connectivity index (χ1) is 9.99. The zero-order chi connectivity index (χ0) is 16.3. The molecule has 0 aromatic rings. The minimum atomic E-state index is -0.740. The summed E-state index contributed by atoms with van der Waals surface area (Å²) >= 11 is 0. The van der Waals surface area contributed by atoms with Crippen LogP contribution in [0, 0.1) is 0 Å². The minimum absolute atomic E-state index is 0.0574. The quantitative estimate of drug-likeness (QED) is 0.307. The van der Waals surface area contributed by atoms with Crippen LogP contribution in [0.4, 0.5) is 0 Å². The van der Waals surface area contributed by atoms with Gasteiger partial charge in [-0.3, -0.25) is 9.63 Å². The molecule has 1 heterocycles. The lowest BCUT2D eigenvalue weighted by molar-refractivity contribution is -0.247. The molecule has 0 aromatic carbocycles. The molecule has 21 heavy (non-hydrogen) atoms. The van der Waals surface area contributed by atoms with E-state index < -0.39 is 18.4 Å². The molecule has 9 nitrogen and oxygen atoms in total.